The molecule has 3 nitrogen and oxygen atoms in total. The molecule has 2 aromatic carbocycles. The molecule has 0 aliphatic heterocycles. The zero-order valence-corrected chi connectivity index (χ0v) is 17.8. The first-order valence-corrected chi connectivity index (χ1v) is 10.7. The SMILES string of the molecule is CCCCN(CCCC)c1ccc(Cc2ccc(N(C)CCC#N)cc2)cc1. The minimum atomic E-state index is 0.554. The van der Waals surface area contributed by atoms with Crippen LogP contribution in [0.25, 0.3) is 0 Å². The van der Waals surface area contributed by atoms with Crippen LogP contribution in [-0.4, -0.2) is 26.7 Å². The van der Waals surface area contributed by atoms with Gasteiger partial charge in [0, 0.05) is 38.1 Å². The van der Waals surface area contributed by atoms with Gasteiger partial charge in [-0.3, -0.25) is 0 Å². The van der Waals surface area contributed by atoms with E-state index in [0.717, 1.165) is 31.7 Å². The molecular formula is C25H35N3. The molecule has 3 heteroatoms. The van der Waals surface area contributed by atoms with Crippen LogP contribution in [0, 0.1) is 11.3 Å². The molecule has 0 unspecified atom stereocenters. The number of hydrogen-bond acceptors (Lipinski definition) is 3. The Hall–Kier alpha value is -2.47. The first-order valence-electron chi connectivity index (χ1n) is 10.7. The van der Waals surface area contributed by atoms with Gasteiger partial charge in [0.15, 0.2) is 0 Å². The van der Waals surface area contributed by atoms with Gasteiger partial charge in [0.2, 0.25) is 0 Å². The van der Waals surface area contributed by atoms with E-state index in [-0.39, 0.29) is 0 Å². The van der Waals surface area contributed by atoms with Gasteiger partial charge in [0.05, 0.1) is 12.5 Å². The highest BCUT2D eigenvalue weighted by Crippen LogP contribution is 2.20. The van der Waals surface area contributed by atoms with Crippen molar-refractivity contribution in [3.63, 3.8) is 0 Å². The highest BCUT2D eigenvalue weighted by atomic mass is 15.1. The van der Waals surface area contributed by atoms with Crippen LogP contribution in [0.5, 0.6) is 0 Å². The molecule has 28 heavy (non-hydrogen) atoms. The van der Waals surface area contributed by atoms with E-state index in [4.69, 9.17) is 5.26 Å². The Morgan fingerprint density at radius 2 is 1.25 bits per heavy atom. The molecule has 0 atom stereocenters. The zero-order chi connectivity index (χ0) is 20.2. The van der Waals surface area contributed by atoms with Gasteiger partial charge >= 0.3 is 0 Å². The lowest BCUT2D eigenvalue weighted by Crippen LogP contribution is -2.25. The van der Waals surface area contributed by atoms with Gasteiger partial charge < -0.3 is 9.80 Å². The van der Waals surface area contributed by atoms with E-state index < -0.39 is 0 Å². The summed E-state index contributed by atoms with van der Waals surface area (Å²) in [5.41, 5.74) is 5.18. The highest BCUT2D eigenvalue weighted by molar-refractivity contribution is 5.50. The van der Waals surface area contributed by atoms with E-state index in [1.54, 1.807) is 0 Å². The van der Waals surface area contributed by atoms with Crippen molar-refractivity contribution in [1.29, 1.82) is 5.26 Å². The predicted molar refractivity (Wildman–Crippen MR) is 121 cm³/mol. The maximum atomic E-state index is 8.73. The molecular weight excluding hydrogens is 342 g/mol. The summed E-state index contributed by atoms with van der Waals surface area (Å²) in [4.78, 5) is 4.66. The third-order valence-corrected chi connectivity index (χ3v) is 5.21. The molecule has 2 rings (SSSR count). The Kier molecular flexibility index (Phi) is 9.42. The van der Waals surface area contributed by atoms with E-state index in [1.807, 2.05) is 7.05 Å². The second-order valence-electron chi connectivity index (χ2n) is 7.53. The van der Waals surface area contributed by atoms with Crippen molar-refractivity contribution in [2.45, 2.75) is 52.4 Å². The molecule has 0 saturated carbocycles. The fourth-order valence-corrected chi connectivity index (χ4v) is 3.34. The Morgan fingerprint density at radius 3 is 1.71 bits per heavy atom. The molecule has 0 N–H and O–H groups in total. The fraction of sp³-hybridized carbons (Fsp3) is 0.480. The summed E-state index contributed by atoms with van der Waals surface area (Å²) in [5.74, 6) is 0. The van der Waals surface area contributed by atoms with Gasteiger partial charge in [0.1, 0.15) is 0 Å². The number of hydrogen-bond donors (Lipinski definition) is 0. The molecule has 0 aromatic heterocycles. The quantitative estimate of drug-likeness (QED) is 0.452. The number of benzene rings is 2. The molecule has 0 radical (unpaired) electrons. The smallest absolute Gasteiger partial charge is 0.0640 e. The lowest BCUT2D eigenvalue weighted by Gasteiger charge is -2.25. The molecule has 0 fully saturated rings. The van der Waals surface area contributed by atoms with Crippen molar-refractivity contribution in [2.24, 2.45) is 0 Å². The molecule has 0 spiro atoms. The topological polar surface area (TPSA) is 30.3 Å². The maximum Gasteiger partial charge on any atom is 0.0640 e. The van der Waals surface area contributed by atoms with Crippen molar-refractivity contribution in [3.05, 3.63) is 59.7 Å². The zero-order valence-electron chi connectivity index (χ0n) is 17.8. The number of anilines is 2. The molecule has 2 aromatic rings. The summed E-state index contributed by atoms with van der Waals surface area (Å²) in [6, 6.07) is 20.0. The third kappa shape index (κ3) is 6.93. The van der Waals surface area contributed by atoms with Crippen LogP contribution in [0.3, 0.4) is 0 Å². The predicted octanol–water partition coefficient (Wildman–Crippen LogP) is 6.03. The van der Waals surface area contributed by atoms with Crippen LogP contribution >= 0.6 is 0 Å². The normalized spacial score (nSPS) is 10.5. The second-order valence-corrected chi connectivity index (χ2v) is 7.53. The summed E-state index contributed by atoms with van der Waals surface area (Å²) in [6.07, 6.45) is 6.48. The minimum absolute atomic E-state index is 0.554. The van der Waals surface area contributed by atoms with Gasteiger partial charge in [-0.15, -0.1) is 0 Å². The number of unbranched alkanes of at least 4 members (excludes halogenated alkanes) is 2. The largest absolute Gasteiger partial charge is 0.374 e. The Bertz CT molecular complexity index is 705. The first kappa shape index (κ1) is 21.8. The minimum Gasteiger partial charge on any atom is -0.374 e. The summed E-state index contributed by atoms with van der Waals surface area (Å²) in [5, 5.41) is 8.73. The van der Waals surface area contributed by atoms with Crippen molar-refractivity contribution >= 4 is 11.4 Å². The van der Waals surface area contributed by atoms with Gasteiger partial charge in [0.25, 0.3) is 0 Å². The number of nitriles is 1. The van der Waals surface area contributed by atoms with Gasteiger partial charge in [-0.05, 0) is 54.7 Å². The van der Waals surface area contributed by atoms with E-state index >= 15 is 0 Å². The average Bonchev–Trinajstić information content (AvgIpc) is 2.73. The summed E-state index contributed by atoms with van der Waals surface area (Å²) >= 11 is 0. The summed E-state index contributed by atoms with van der Waals surface area (Å²) in [6.45, 7) is 7.58. The van der Waals surface area contributed by atoms with Gasteiger partial charge in [-0.2, -0.15) is 5.26 Å². The van der Waals surface area contributed by atoms with E-state index in [1.165, 1.54) is 42.5 Å². The van der Waals surface area contributed by atoms with Crippen molar-refractivity contribution in [2.75, 3.05) is 36.5 Å². The van der Waals surface area contributed by atoms with Crippen molar-refractivity contribution < 1.29 is 0 Å². The molecule has 0 saturated heterocycles. The number of rotatable bonds is 12. The third-order valence-electron chi connectivity index (χ3n) is 5.21. The number of nitrogens with zero attached hydrogens (tertiary/aromatic N) is 3. The van der Waals surface area contributed by atoms with Crippen LogP contribution in [0.4, 0.5) is 11.4 Å². The van der Waals surface area contributed by atoms with Crippen LogP contribution < -0.4 is 9.80 Å². The van der Waals surface area contributed by atoms with Crippen LogP contribution in [0.15, 0.2) is 48.5 Å². The molecule has 0 heterocycles. The van der Waals surface area contributed by atoms with Crippen molar-refractivity contribution in [3.8, 4) is 6.07 Å². The van der Waals surface area contributed by atoms with Gasteiger partial charge in [-0.25, -0.2) is 0 Å². The first-order chi connectivity index (χ1) is 13.7. The summed E-state index contributed by atoms with van der Waals surface area (Å²) < 4.78 is 0. The Balaban J connectivity index is 1.98. The van der Waals surface area contributed by atoms with E-state index in [9.17, 15) is 0 Å². The monoisotopic (exact) mass is 377 g/mol. The maximum absolute atomic E-state index is 8.73. The van der Waals surface area contributed by atoms with Crippen molar-refractivity contribution in [1.82, 2.24) is 0 Å². The fourth-order valence-electron chi connectivity index (χ4n) is 3.34. The highest BCUT2D eigenvalue weighted by Gasteiger charge is 2.06. The summed E-state index contributed by atoms with van der Waals surface area (Å²) in [7, 11) is 2.04. The lowest BCUT2D eigenvalue weighted by molar-refractivity contribution is 0.678. The average molecular weight is 378 g/mol. The van der Waals surface area contributed by atoms with Gasteiger partial charge in [-0.1, -0.05) is 51.0 Å². The van der Waals surface area contributed by atoms with E-state index in [2.05, 4.69) is 78.2 Å². The van der Waals surface area contributed by atoms with Crippen LogP contribution in [-0.2, 0) is 6.42 Å². The van der Waals surface area contributed by atoms with E-state index in [0.29, 0.717) is 6.42 Å². The molecule has 0 bridgehead atoms. The standard InChI is InChI=1S/C25H35N3/c1-4-6-19-28(20-7-5-2)25-15-11-23(12-16-25)21-22-9-13-24(14-10-22)27(3)18-8-17-26/h9-16H,4-8,18-21H2,1-3H3. The molecule has 150 valence electrons. The van der Waals surface area contributed by atoms with Crippen LogP contribution in [0.2, 0.25) is 0 Å². The second kappa shape index (κ2) is 12.1. The Labute approximate surface area is 171 Å². The lowest BCUT2D eigenvalue weighted by atomic mass is 10.0. The molecule has 0 aliphatic rings. The Morgan fingerprint density at radius 1 is 0.750 bits per heavy atom. The molecule has 0 aliphatic carbocycles. The molecule has 0 amide bonds. The van der Waals surface area contributed by atoms with Crippen LogP contribution in [0.1, 0.15) is 57.1 Å².